The van der Waals surface area contributed by atoms with Crippen LogP contribution in [0.25, 0.3) is 0 Å². The lowest BCUT2D eigenvalue weighted by molar-refractivity contribution is 0.679. The van der Waals surface area contributed by atoms with Gasteiger partial charge in [0, 0.05) is 22.9 Å². The van der Waals surface area contributed by atoms with Gasteiger partial charge in [0.1, 0.15) is 5.82 Å². The number of halogens is 1. The maximum Gasteiger partial charge on any atom is 0.224 e. The first kappa shape index (κ1) is 16.0. The van der Waals surface area contributed by atoms with Crippen LogP contribution in [-0.2, 0) is 0 Å². The van der Waals surface area contributed by atoms with Crippen LogP contribution in [-0.4, -0.2) is 16.5 Å². The van der Waals surface area contributed by atoms with Crippen molar-refractivity contribution in [2.24, 2.45) is 0 Å². The minimum absolute atomic E-state index is 0.670. The van der Waals surface area contributed by atoms with Gasteiger partial charge in [0.15, 0.2) is 0 Å². The first-order valence-electron chi connectivity index (χ1n) is 8.07. The highest BCUT2D eigenvalue weighted by atomic mass is 79.9. The summed E-state index contributed by atoms with van der Waals surface area (Å²) in [6.45, 7) is 0.883. The smallest absolute Gasteiger partial charge is 0.224 e. The van der Waals surface area contributed by atoms with Gasteiger partial charge in [0.05, 0.1) is 0 Å². The maximum absolute atomic E-state index is 4.51. The Morgan fingerprint density at radius 2 is 1.96 bits per heavy atom. The minimum atomic E-state index is 0.670. The van der Waals surface area contributed by atoms with E-state index in [1.54, 1.807) is 11.8 Å². The van der Waals surface area contributed by atoms with Crippen molar-refractivity contribution in [1.82, 2.24) is 9.97 Å². The predicted octanol–water partition coefficient (Wildman–Crippen LogP) is 5.29. The topological polar surface area (TPSA) is 49.8 Å². The third-order valence-corrected chi connectivity index (χ3v) is 4.42. The Balaban J connectivity index is 1.54. The molecule has 1 heterocycles. The molecule has 2 N–H and O–H groups in total. The Hall–Kier alpha value is -1.88. The number of rotatable bonds is 6. The monoisotopic (exact) mass is 372 g/mol. The van der Waals surface area contributed by atoms with E-state index in [9.17, 15) is 0 Å². The third kappa shape index (κ3) is 5.06. The highest BCUT2D eigenvalue weighted by Gasteiger charge is 2.04. The molecule has 0 saturated carbocycles. The van der Waals surface area contributed by atoms with Gasteiger partial charge in [-0.3, -0.25) is 0 Å². The zero-order valence-electron chi connectivity index (χ0n) is 13.1. The number of hydrogen-bond acceptors (Lipinski definition) is 4. The van der Waals surface area contributed by atoms with E-state index < -0.39 is 0 Å². The Kier molecular flexibility index (Phi) is 5.64. The van der Waals surface area contributed by atoms with Crippen molar-refractivity contribution in [3.05, 3.63) is 52.7 Å². The molecule has 1 aromatic heterocycles. The third-order valence-electron chi connectivity index (χ3n) is 3.89. The van der Waals surface area contributed by atoms with E-state index in [-0.39, 0.29) is 0 Å². The fourth-order valence-electron chi connectivity index (χ4n) is 2.66. The molecule has 1 aliphatic rings. The number of nitrogens with one attached hydrogen (secondary N) is 2. The first-order chi connectivity index (χ1) is 11.3. The molecule has 5 heteroatoms. The van der Waals surface area contributed by atoms with E-state index in [4.69, 9.17) is 0 Å². The van der Waals surface area contributed by atoms with E-state index in [0.717, 1.165) is 28.9 Å². The molecule has 2 aromatic rings. The molecule has 4 nitrogen and oxygen atoms in total. The molecule has 0 amide bonds. The van der Waals surface area contributed by atoms with Crippen molar-refractivity contribution >= 4 is 33.4 Å². The van der Waals surface area contributed by atoms with Crippen molar-refractivity contribution in [1.29, 1.82) is 0 Å². The number of anilines is 3. The zero-order chi connectivity index (χ0) is 15.9. The summed E-state index contributed by atoms with van der Waals surface area (Å²) in [4.78, 5) is 8.80. The summed E-state index contributed by atoms with van der Waals surface area (Å²) in [5, 5.41) is 6.60. The van der Waals surface area contributed by atoms with Gasteiger partial charge in [0.2, 0.25) is 5.95 Å². The molecule has 0 atom stereocenters. The molecular weight excluding hydrogens is 352 g/mol. The second-order valence-electron chi connectivity index (χ2n) is 5.68. The van der Waals surface area contributed by atoms with Crippen LogP contribution in [0.2, 0.25) is 0 Å². The molecule has 1 aliphatic carbocycles. The molecule has 0 unspecified atom stereocenters. The number of aromatic nitrogens is 2. The van der Waals surface area contributed by atoms with E-state index >= 15 is 0 Å². The second kappa shape index (κ2) is 8.11. The van der Waals surface area contributed by atoms with Gasteiger partial charge in [-0.2, -0.15) is 4.98 Å². The van der Waals surface area contributed by atoms with Gasteiger partial charge < -0.3 is 10.6 Å². The fourth-order valence-corrected chi connectivity index (χ4v) is 2.93. The minimum Gasteiger partial charge on any atom is -0.354 e. The summed E-state index contributed by atoms with van der Waals surface area (Å²) < 4.78 is 1.06. The average Bonchev–Trinajstić information content (AvgIpc) is 2.58. The van der Waals surface area contributed by atoms with Crippen molar-refractivity contribution in [2.45, 2.75) is 32.1 Å². The van der Waals surface area contributed by atoms with E-state index in [2.05, 4.69) is 42.6 Å². The summed E-state index contributed by atoms with van der Waals surface area (Å²) >= 11 is 3.44. The fraction of sp³-hybridized carbons (Fsp3) is 0.333. The van der Waals surface area contributed by atoms with Crippen LogP contribution in [0.5, 0.6) is 0 Å². The summed E-state index contributed by atoms with van der Waals surface area (Å²) in [6, 6.07) is 9.89. The summed E-state index contributed by atoms with van der Waals surface area (Å²) in [7, 11) is 0. The molecular formula is C18H21BrN4. The number of allylic oxidation sites excluding steroid dienone is 1. The molecule has 0 saturated heterocycles. The van der Waals surface area contributed by atoms with Crippen LogP contribution < -0.4 is 10.6 Å². The highest BCUT2D eigenvalue weighted by Crippen LogP contribution is 2.20. The summed E-state index contributed by atoms with van der Waals surface area (Å²) in [6.07, 6.45) is 10.4. The Morgan fingerprint density at radius 1 is 1.09 bits per heavy atom. The zero-order valence-corrected chi connectivity index (χ0v) is 14.6. The lowest BCUT2D eigenvalue weighted by Crippen LogP contribution is -2.08. The maximum atomic E-state index is 4.51. The molecule has 0 radical (unpaired) electrons. The highest BCUT2D eigenvalue weighted by molar-refractivity contribution is 9.10. The van der Waals surface area contributed by atoms with Gasteiger partial charge >= 0.3 is 0 Å². The van der Waals surface area contributed by atoms with Crippen LogP contribution >= 0.6 is 15.9 Å². The Bertz CT molecular complexity index is 667. The van der Waals surface area contributed by atoms with Crippen LogP contribution in [0.15, 0.2) is 52.7 Å². The van der Waals surface area contributed by atoms with Crippen molar-refractivity contribution < 1.29 is 0 Å². The molecule has 1 aromatic carbocycles. The number of benzene rings is 1. The van der Waals surface area contributed by atoms with Crippen LogP contribution in [0, 0.1) is 0 Å². The normalized spacial score (nSPS) is 14.2. The quantitative estimate of drug-likeness (QED) is 0.676. The van der Waals surface area contributed by atoms with E-state index in [1.165, 1.54) is 25.7 Å². The summed E-state index contributed by atoms with van der Waals surface area (Å²) in [5.41, 5.74) is 2.57. The molecule has 120 valence electrons. The van der Waals surface area contributed by atoms with Crippen molar-refractivity contribution in [3.63, 3.8) is 0 Å². The van der Waals surface area contributed by atoms with Crippen molar-refractivity contribution in [2.75, 3.05) is 17.2 Å². The lowest BCUT2D eigenvalue weighted by Gasteiger charge is -2.13. The van der Waals surface area contributed by atoms with Crippen LogP contribution in [0.4, 0.5) is 17.5 Å². The van der Waals surface area contributed by atoms with Gasteiger partial charge in [0.25, 0.3) is 0 Å². The van der Waals surface area contributed by atoms with E-state index in [1.807, 2.05) is 30.3 Å². The predicted molar refractivity (Wildman–Crippen MR) is 99.1 cm³/mol. The molecule has 0 aliphatic heterocycles. The van der Waals surface area contributed by atoms with Gasteiger partial charge in [-0.1, -0.05) is 27.6 Å². The Morgan fingerprint density at radius 3 is 2.74 bits per heavy atom. The number of hydrogen-bond donors (Lipinski definition) is 2. The Labute approximate surface area is 145 Å². The summed E-state index contributed by atoms with van der Waals surface area (Å²) in [5.74, 6) is 1.46. The number of nitrogens with zero attached hydrogens (tertiary/aromatic N) is 2. The lowest BCUT2D eigenvalue weighted by atomic mass is 9.97. The molecule has 0 fully saturated rings. The first-order valence-corrected chi connectivity index (χ1v) is 8.86. The average molecular weight is 373 g/mol. The molecule has 23 heavy (non-hydrogen) atoms. The van der Waals surface area contributed by atoms with Gasteiger partial charge in [-0.15, -0.1) is 0 Å². The SMILES string of the molecule is Brc1ccc(Nc2ccnc(NCCC3=CCCCC3)n2)cc1. The molecule has 0 spiro atoms. The van der Waals surface area contributed by atoms with Crippen LogP contribution in [0.3, 0.4) is 0 Å². The standard InChI is InChI=1S/C18H21BrN4/c19-15-6-8-16(9-7-15)22-17-11-13-21-18(23-17)20-12-10-14-4-2-1-3-5-14/h4,6-9,11,13H,1-3,5,10,12H2,(H2,20,21,22,23). The van der Waals surface area contributed by atoms with E-state index in [0.29, 0.717) is 5.95 Å². The van der Waals surface area contributed by atoms with Gasteiger partial charge in [-0.25, -0.2) is 4.98 Å². The molecule has 3 rings (SSSR count). The van der Waals surface area contributed by atoms with Crippen LogP contribution in [0.1, 0.15) is 32.1 Å². The molecule has 0 bridgehead atoms. The second-order valence-corrected chi connectivity index (χ2v) is 6.60. The van der Waals surface area contributed by atoms with Crippen molar-refractivity contribution in [3.8, 4) is 0 Å². The van der Waals surface area contributed by atoms with Gasteiger partial charge in [-0.05, 0) is 62.4 Å². The largest absolute Gasteiger partial charge is 0.354 e.